The predicted octanol–water partition coefficient (Wildman–Crippen LogP) is 6.46. The summed E-state index contributed by atoms with van der Waals surface area (Å²) in [7, 11) is 3.06. The van der Waals surface area contributed by atoms with Crippen LogP contribution in [0.1, 0.15) is 27.0 Å². The molecule has 0 unspecified atom stereocenters. The van der Waals surface area contributed by atoms with Crippen LogP contribution in [0.4, 0.5) is 11.4 Å². The number of benzene rings is 4. The fraction of sp³-hybridized carbons (Fsp3) is 0.147. The summed E-state index contributed by atoms with van der Waals surface area (Å²) in [5.41, 5.74) is 4.40. The van der Waals surface area contributed by atoms with E-state index in [2.05, 4.69) is 16.0 Å². The largest absolute Gasteiger partial charge is 0.497 e. The van der Waals surface area contributed by atoms with Crippen LogP contribution >= 0.6 is 11.8 Å². The lowest BCUT2D eigenvalue weighted by atomic mass is 10.1. The molecule has 0 aromatic heterocycles. The van der Waals surface area contributed by atoms with E-state index < -0.39 is 11.8 Å². The number of hydrogen-bond donors (Lipinski definition) is 3. The van der Waals surface area contributed by atoms with Crippen molar-refractivity contribution in [2.75, 3.05) is 30.6 Å². The number of rotatable bonds is 11. The molecule has 0 fully saturated rings. The van der Waals surface area contributed by atoms with Crippen LogP contribution in [-0.2, 0) is 9.59 Å². The van der Waals surface area contributed by atoms with Crippen molar-refractivity contribution in [2.24, 2.45) is 0 Å². The zero-order valence-electron chi connectivity index (χ0n) is 24.4. The predicted molar refractivity (Wildman–Crippen MR) is 172 cm³/mol. The molecule has 0 aliphatic carbocycles. The number of carbonyl (C=O) groups is 3. The maximum atomic E-state index is 13.5. The third-order valence-corrected chi connectivity index (χ3v) is 7.23. The van der Waals surface area contributed by atoms with Crippen molar-refractivity contribution in [1.29, 1.82) is 0 Å². The molecule has 4 aromatic rings. The summed E-state index contributed by atoms with van der Waals surface area (Å²) in [6.45, 7) is 3.97. The average Bonchev–Trinajstić information content (AvgIpc) is 3.00. The monoisotopic (exact) mass is 595 g/mol. The second kappa shape index (κ2) is 14.7. The molecular weight excluding hydrogens is 562 g/mol. The van der Waals surface area contributed by atoms with Gasteiger partial charge in [0.1, 0.15) is 17.2 Å². The minimum atomic E-state index is -0.531. The molecule has 3 N–H and O–H groups in total. The van der Waals surface area contributed by atoms with Gasteiger partial charge in [0, 0.05) is 33.5 Å². The van der Waals surface area contributed by atoms with E-state index in [1.807, 2.05) is 38.1 Å². The molecule has 3 amide bonds. The Morgan fingerprint density at radius 2 is 1.51 bits per heavy atom. The molecule has 9 heteroatoms. The summed E-state index contributed by atoms with van der Waals surface area (Å²) in [5.74, 6) is 0.151. The van der Waals surface area contributed by atoms with Crippen molar-refractivity contribution >= 4 is 46.9 Å². The highest BCUT2D eigenvalue weighted by atomic mass is 32.2. The highest BCUT2D eigenvalue weighted by Gasteiger charge is 2.17. The Morgan fingerprint density at radius 3 is 2.21 bits per heavy atom. The molecule has 220 valence electrons. The summed E-state index contributed by atoms with van der Waals surface area (Å²) in [6, 6.07) is 26.9. The fourth-order valence-corrected chi connectivity index (χ4v) is 5.05. The van der Waals surface area contributed by atoms with Crippen LogP contribution in [0.2, 0.25) is 0 Å². The molecule has 0 radical (unpaired) electrons. The van der Waals surface area contributed by atoms with Crippen LogP contribution < -0.4 is 25.4 Å². The third kappa shape index (κ3) is 8.98. The zero-order valence-corrected chi connectivity index (χ0v) is 25.2. The van der Waals surface area contributed by atoms with Crippen molar-refractivity contribution in [1.82, 2.24) is 5.32 Å². The van der Waals surface area contributed by atoms with Crippen molar-refractivity contribution in [2.45, 2.75) is 18.7 Å². The fourth-order valence-electron chi connectivity index (χ4n) is 4.29. The molecule has 0 atom stereocenters. The molecule has 0 aliphatic heterocycles. The third-order valence-electron chi connectivity index (χ3n) is 6.24. The molecule has 0 bridgehead atoms. The van der Waals surface area contributed by atoms with Crippen LogP contribution in [0.15, 0.2) is 102 Å². The van der Waals surface area contributed by atoms with E-state index in [0.29, 0.717) is 28.3 Å². The number of ether oxygens (including phenoxy) is 2. The first-order chi connectivity index (χ1) is 20.7. The van der Waals surface area contributed by atoms with E-state index in [1.165, 1.54) is 18.9 Å². The molecule has 0 saturated carbocycles. The van der Waals surface area contributed by atoms with Crippen molar-refractivity contribution in [3.8, 4) is 11.5 Å². The first-order valence-electron chi connectivity index (χ1n) is 13.5. The summed E-state index contributed by atoms with van der Waals surface area (Å²) in [5, 5.41) is 8.52. The number of nitrogens with one attached hydrogen (secondary N) is 3. The Hall–Kier alpha value is -5.02. The van der Waals surface area contributed by atoms with Crippen LogP contribution in [0, 0.1) is 13.8 Å². The van der Waals surface area contributed by atoms with Gasteiger partial charge in [0.15, 0.2) is 0 Å². The maximum Gasteiger partial charge on any atom is 0.272 e. The number of hydrogen-bond acceptors (Lipinski definition) is 6. The maximum absolute atomic E-state index is 13.5. The summed E-state index contributed by atoms with van der Waals surface area (Å²) < 4.78 is 10.8. The van der Waals surface area contributed by atoms with Crippen LogP contribution in [-0.4, -0.2) is 37.7 Å². The number of thioether (sulfide) groups is 1. The Balaban J connectivity index is 1.50. The molecule has 43 heavy (non-hydrogen) atoms. The van der Waals surface area contributed by atoms with E-state index in [1.54, 1.807) is 79.9 Å². The van der Waals surface area contributed by atoms with E-state index in [9.17, 15) is 14.4 Å². The van der Waals surface area contributed by atoms with E-state index in [0.717, 1.165) is 21.7 Å². The molecule has 8 nitrogen and oxygen atoms in total. The molecule has 4 rings (SSSR count). The van der Waals surface area contributed by atoms with Gasteiger partial charge in [-0.3, -0.25) is 14.4 Å². The molecule has 0 heterocycles. The van der Waals surface area contributed by atoms with Gasteiger partial charge in [0.25, 0.3) is 11.8 Å². The van der Waals surface area contributed by atoms with E-state index in [4.69, 9.17) is 9.47 Å². The summed E-state index contributed by atoms with van der Waals surface area (Å²) in [6.07, 6.45) is 1.55. The van der Waals surface area contributed by atoms with Gasteiger partial charge < -0.3 is 25.4 Å². The van der Waals surface area contributed by atoms with Gasteiger partial charge >= 0.3 is 0 Å². The topological polar surface area (TPSA) is 106 Å². The van der Waals surface area contributed by atoms with Gasteiger partial charge in [-0.2, -0.15) is 0 Å². The van der Waals surface area contributed by atoms with Gasteiger partial charge in [-0.25, -0.2) is 0 Å². The summed E-state index contributed by atoms with van der Waals surface area (Å²) >= 11 is 1.35. The standard InChI is InChI=1S/C34H33N3O5S/c1-22-15-23(2)17-27(16-22)35-32(38)21-43-29-12-8-11-26(19-29)36-34(40)30(37-33(39)24-9-6-5-7-10-24)18-25-13-14-28(41-3)20-31(25)42-4/h5-20H,21H2,1-4H3,(H,35,38)(H,36,40)(H,37,39)/b30-18+. The lowest BCUT2D eigenvalue weighted by molar-refractivity contribution is -0.114. The second-order valence-electron chi connectivity index (χ2n) is 9.68. The van der Waals surface area contributed by atoms with Crippen molar-refractivity contribution in [3.05, 3.63) is 119 Å². The molecule has 0 spiro atoms. The van der Waals surface area contributed by atoms with Crippen molar-refractivity contribution < 1.29 is 23.9 Å². The number of amides is 3. The zero-order chi connectivity index (χ0) is 30.8. The summed E-state index contributed by atoms with van der Waals surface area (Å²) in [4.78, 5) is 39.9. The Morgan fingerprint density at radius 1 is 0.767 bits per heavy atom. The quantitative estimate of drug-likeness (QED) is 0.136. The lowest BCUT2D eigenvalue weighted by Gasteiger charge is -2.13. The first-order valence-corrected chi connectivity index (χ1v) is 14.4. The number of anilines is 2. The van der Waals surface area contributed by atoms with Gasteiger partial charge in [-0.05, 0) is 85.6 Å². The highest BCUT2D eigenvalue weighted by Crippen LogP contribution is 2.27. The van der Waals surface area contributed by atoms with E-state index >= 15 is 0 Å². The number of carbonyl (C=O) groups excluding carboxylic acids is 3. The van der Waals surface area contributed by atoms with E-state index in [-0.39, 0.29) is 17.4 Å². The smallest absolute Gasteiger partial charge is 0.272 e. The minimum Gasteiger partial charge on any atom is -0.497 e. The van der Waals surface area contributed by atoms with Crippen LogP contribution in [0.25, 0.3) is 6.08 Å². The second-order valence-corrected chi connectivity index (χ2v) is 10.7. The Labute approximate surface area is 255 Å². The highest BCUT2D eigenvalue weighted by molar-refractivity contribution is 8.00. The SMILES string of the molecule is COc1ccc(/C=C(/NC(=O)c2ccccc2)C(=O)Nc2cccc(SCC(=O)Nc3cc(C)cc(C)c3)c2)c(OC)c1. The molecular formula is C34H33N3O5S. The minimum absolute atomic E-state index is 0.0169. The lowest BCUT2D eigenvalue weighted by Crippen LogP contribution is -2.30. The molecule has 0 aliphatic rings. The molecule has 4 aromatic carbocycles. The van der Waals surface area contributed by atoms with Gasteiger partial charge in [-0.1, -0.05) is 30.3 Å². The number of aryl methyl sites for hydroxylation is 2. The van der Waals surface area contributed by atoms with Crippen molar-refractivity contribution in [3.63, 3.8) is 0 Å². The Kier molecular flexibility index (Phi) is 10.6. The normalized spacial score (nSPS) is 10.9. The Bertz CT molecular complexity index is 1630. The van der Waals surface area contributed by atoms with Gasteiger partial charge in [-0.15, -0.1) is 11.8 Å². The average molecular weight is 596 g/mol. The molecule has 0 saturated heterocycles. The van der Waals surface area contributed by atoms with Gasteiger partial charge in [0.2, 0.25) is 5.91 Å². The first kappa shape index (κ1) is 30.9. The van der Waals surface area contributed by atoms with Crippen LogP contribution in [0.5, 0.6) is 11.5 Å². The number of methoxy groups -OCH3 is 2. The van der Waals surface area contributed by atoms with Gasteiger partial charge in [0.05, 0.1) is 20.0 Å². The van der Waals surface area contributed by atoms with Crippen LogP contribution in [0.3, 0.4) is 0 Å².